The Morgan fingerprint density at radius 2 is 1.83 bits per heavy atom. The molecule has 0 radical (unpaired) electrons. The molecule has 2 aromatic carbocycles. The quantitative estimate of drug-likeness (QED) is 0.811. The van der Waals surface area contributed by atoms with Gasteiger partial charge < -0.3 is 10.0 Å². The van der Waals surface area contributed by atoms with Crippen LogP contribution in [0.1, 0.15) is 33.8 Å². The lowest BCUT2D eigenvalue weighted by Crippen LogP contribution is -2.18. The molecule has 1 N–H and O–H groups in total. The van der Waals surface area contributed by atoms with E-state index in [0.717, 1.165) is 18.5 Å². The van der Waals surface area contributed by atoms with Gasteiger partial charge in [0.05, 0.1) is 5.56 Å². The summed E-state index contributed by atoms with van der Waals surface area (Å²) in [6, 6.07) is 13.9. The van der Waals surface area contributed by atoms with Crippen LogP contribution in [0.3, 0.4) is 0 Å². The van der Waals surface area contributed by atoms with Crippen molar-refractivity contribution in [1.29, 1.82) is 0 Å². The van der Waals surface area contributed by atoms with Gasteiger partial charge in [0.1, 0.15) is 5.82 Å². The summed E-state index contributed by atoms with van der Waals surface area (Å²) in [6.45, 7) is 0.886. The van der Waals surface area contributed by atoms with Crippen LogP contribution in [0.4, 0.5) is 4.39 Å². The minimum Gasteiger partial charge on any atom is -0.478 e. The van der Waals surface area contributed by atoms with Crippen molar-refractivity contribution in [3.05, 3.63) is 71.0 Å². The first-order valence-electron chi connectivity index (χ1n) is 7.68. The largest absolute Gasteiger partial charge is 0.478 e. The third-order valence-electron chi connectivity index (χ3n) is 3.96. The monoisotopic (exact) mass is 351 g/mol. The molecule has 0 bridgehead atoms. The number of aromatic carboxylic acids is 1. The van der Waals surface area contributed by atoms with Gasteiger partial charge in [-0.25, -0.2) is 9.18 Å². The Morgan fingerprint density at radius 1 is 1.17 bits per heavy atom. The topological polar surface area (TPSA) is 40.5 Å². The van der Waals surface area contributed by atoms with Crippen molar-refractivity contribution in [2.45, 2.75) is 18.8 Å². The molecule has 3 nitrogen and oxygen atoms in total. The highest BCUT2D eigenvalue weighted by Gasteiger charge is 2.18. The first-order chi connectivity index (χ1) is 11.0. The molecule has 0 aliphatic carbocycles. The van der Waals surface area contributed by atoms with Crippen molar-refractivity contribution in [2.24, 2.45) is 0 Å². The van der Waals surface area contributed by atoms with E-state index in [-0.39, 0.29) is 23.9 Å². The van der Waals surface area contributed by atoms with E-state index in [1.165, 1.54) is 18.2 Å². The van der Waals surface area contributed by atoms with Gasteiger partial charge >= 0.3 is 5.97 Å². The van der Waals surface area contributed by atoms with Crippen LogP contribution in [0, 0.1) is 5.82 Å². The summed E-state index contributed by atoms with van der Waals surface area (Å²) in [4.78, 5) is 13.5. The van der Waals surface area contributed by atoms with E-state index in [0.29, 0.717) is 12.0 Å². The van der Waals surface area contributed by atoms with Crippen LogP contribution in [0.25, 0.3) is 0 Å². The first-order valence-corrected chi connectivity index (χ1v) is 7.68. The lowest BCUT2D eigenvalue weighted by atomic mass is 9.87. The fourth-order valence-electron chi connectivity index (χ4n) is 2.73. The fraction of sp³-hybridized carbons (Fsp3) is 0.316. The molecule has 1 unspecified atom stereocenters. The first kappa shape index (κ1) is 20.1. The smallest absolute Gasteiger partial charge is 0.335 e. The number of nitrogens with zero attached hydrogens (tertiary/aromatic N) is 1. The molecule has 0 saturated carbocycles. The van der Waals surface area contributed by atoms with Crippen LogP contribution in [-0.2, 0) is 6.42 Å². The molecular weight excluding hydrogens is 329 g/mol. The summed E-state index contributed by atoms with van der Waals surface area (Å²) < 4.78 is 13.6. The predicted molar refractivity (Wildman–Crippen MR) is 96.7 cm³/mol. The molecule has 0 fully saturated rings. The molecule has 0 aliphatic heterocycles. The number of carboxylic acid groups (broad SMARTS) is 1. The molecule has 2 rings (SSSR count). The van der Waals surface area contributed by atoms with Crippen LogP contribution >= 0.6 is 12.4 Å². The van der Waals surface area contributed by atoms with Gasteiger partial charge in [-0.1, -0.05) is 30.3 Å². The number of hydrogen-bond acceptors (Lipinski definition) is 2. The Labute approximate surface area is 148 Å². The average Bonchev–Trinajstić information content (AvgIpc) is 2.51. The van der Waals surface area contributed by atoms with Crippen LogP contribution in [0.5, 0.6) is 0 Å². The van der Waals surface area contributed by atoms with E-state index in [1.54, 1.807) is 0 Å². The highest BCUT2D eigenvalue weighted by atomic mass is 35.5. The maximum absolute atomic E-state index is 13.6. The van der Waals surface area contributed by atoms with Gasteiger partial charge in [0.2, 0.25) is 0 Å². The third kappa shape index (κ3) is 5.62. The highest BCUT2D eigenvalue weighted by Crippen LogP contribution is 2.26. The second-order valence-corrected chi connectivity index (χ2v) is 6.01. The normalized spacial score (nSPS) is 11.8. The number of carboxylic acids is 1. The highest BCUT2D eigenvalue weighted by molar-refractivity contribution is 5.89. The Morgan fingerprint density at radius 3 is 2.42 bits per heavy atom. The maximum atomic E-state index is 13.6. The fourth-order valence-corrected chi connectivity index (χ4v) is 2.73. The summed E-state index contributed by atoms with van der Waals surface area (Å²) in [6.07, 6.45) is 1.39. The van der Waals surface area contributed by atoms with Crippen molar-refractivity contribution in [3.8, 4) is 0 Å². The van der Waals surface area contributed by atoms with Crippen molar-refractivity contribution in [3.63, 3.8) is 0 Å². The molecule has 0 saturated heterocycles. The van der Waals surface area contributed by atoms with Crippen molar-refractivity contribution < 1.29 is 14.3 Å². The lowest BCUT2D eigenvalue weighted by Gasteiger charge is -2.21. The Bertz CT molecular complexity index is 662. The summed E-state index contributed by atoms with van der Waals surface area (Å²) in [5.41, 5.74) is 1.87. The molecule has 0 heterocycles. The molecule has 0 amide bonds. The van der Waals surface area contributed by atoms with Crippen LogP contribution in [0.2, 0.25) is 0 Å². The SMILES string of the molecule is CN(C)CCC(Cc1cc(F)ccc1C(=O)O)c1ccccc1.Cl. The zero-order chi connectivity index (χ0) is 16.8. The molecule has 5 heteroatoms. The molecule has 130 valence electrons. The second kappa shape index (κ2) is 9.40. The van der Waals surface area contributed by atoms with E-state index in [4.69, 9.17) is 0 Å². The number of hydrogen-bond donors (Lipinski definition) is 1. The molecule has 0 aromatic heterocycles. The van der Waals surface area contributed by atoms with Gasteiger partial charge in [-0.2, -0.15) is 0 Å². The van der Waals surface area contributed by atoms with Crippen LogP contribution in [-0.4, -0.2) is 36.6 Å². The van der Waals surface area contributed by atoms with E-state index >= 15 is 0 Å². The van der Waals surface area contributed by atoms with Crippen molar-refractivity contribution >= 4 is 18.4 Å². The minimum atomic E-state index is -1.01. The van der Waals surface area contributed by atoms with Crippen molar-refractivity contribution in [2.75, 3.05) is 20.6 Å². The molecule has 0 aliphatic rings. The molecule has 24 heavy (non-hydrogen) atoms. The third-order valence-corrected chi connectivity index (χ3v) is 3.96. The van der Waals surface area contributed by atoms with Crippen LogP contribution in [0.15, 0.2) is 48.5 Å². The zero-order valence-electron chi connectivity index (χ0n) is 13.9. The van der Waals surface area contributed by atoms with E-state index < -0.39 is 11.8 Å². The summed E-state index contributed by atoms with van der Waals surface area (Å²) in [5.74, 6) is -1.26. The van der Waals surface area contributed by atoms with E-state index in [9.17, 15) is 14.3 Å². The number of halogens is 2. The summed E-state index contributed by atoms with van der Waals surface area (Å²) in [7, 11) is 4.01. The van der Waals surface area contributed by atoms with Crippen molar-refractivity contribution in [1.82, 2.24) is 4.90 Å². The second-order valence-electron chi connectivity index (χ2n) is 6.01. The van der Waals surface area contributed by atoms with Gasteiger partial charge in [-0.05, 0) is 68.7 Å². The van der Waals surface area contributed by atoms with E-state index in [1.807, 2.05) is 44.4 Å². The summed E-state index contributed by atoms with van der Waals surface area (Å²) >= 11 is 0. The maximum Gasteiger partial charge on any atom is 0.335 e. The van der Waals surface area contributed by atoms with Crippen LogP contribution < -0.4 is 0 Å². The van der Waals surface area contributed by atoms with E-state index in [2.05, 4.69) is 4.90 Å². The molecule has 1 atom stereocenters. The number of benzene rings is 2. The lowest BCUT2D eigenvalue weighted by molar-refractivity contribution is 0.0695. The van der Waals surface area contributed by atoms with Gasteiger partial charge in [0, 0.05) is 0 Å². The van der Waals surface area contributed by atoms with Gasteiger partial charge in [-0.3, -0.25) is 0 Å². The minimum absolute atomic E-state index is 0. The van der Waals surface area contributed by atoms with Gasteiger partial charge in [0.15, 0.2) is 0 Å². The Kier molecular flexibility index (Phi) is 7.89. The van der Waals surface area contributed by atoms with Gasteiger partial charge in [-0.15, -0.1) is 12.4 Å². The Hall–Kier alpha value is -1.91. The molecule has 0 spiro atoms. The number of rotatable bonds is 7. The standard InChI is InChI=1S/C19H22FNO2.ClH/c1-21(2)11-10-15(14-6-4-3-5-7-14)12-16-13-17(20)8-9-18(16)19(22)23;/h3-9,13,15H,10-12H2,1-2H3,(H,22,23);1H. The molecular formula is C19H23ClFNO2. The Balaban J connectivity index is 0.00000288. The summed E-state index contributed by atoms with van der Waals surface area (Å²) in [5, 5.41) is 9.33. The number of carbonyl (C=O) groups is 1. The van der Waals surface area contributed by atoms with Gasteiger partial charge in [0.25, 0.3) is 0 Å². The molecule has 2 aromatic rings. The predicted octanol–water partition coefficient (Wildman–Crippen LogP) is 4.22. The average molecular weight is 352 g/mol. The zero-order valence-corrected chi connectivity index (χ0v) is 14.7.